The lowest BCUT2D eigenvalue weighted by Crippen LogP contribution is -2.48. The standard InChI is InChI=1S/C21H41NO4/c1-4-5-6-7-8-9-10-11-12-13-14-15-16-17-19(24)20(21(25)26-3)22-18(2)23/h19-20,24H,4-17H2,1-3H3,(H,22,23). The first kappa shape index (κ1) is 24.9. The highest BCUT2D eigenvalue weighted by Crippen LogP contribution is 2.14. The normalized spacial score (nSPS) is 13.2. The van der Waals surface area contributed by atoms with Gasteiger partial charge < -0.3 is 15.2 Å². The van der Waals surface area contributed by atoms with Gasteiger partial charge in [-0.15, -0.1) is 0 Å². The lowest BCUT2D eigenvalue weighted by Gasteiger charge is -2.21. The Morgan fingerprint density at radius 2 is 1.27 bits per heavy atom. The number of rotatable bonds is 17. The van der Waals surface area contributed by atoms with Gasteiger partial charge in [-0.05, 0) is 6.42 Å². The van der Waals surface area contributed by atoms with E-state index in [0.717, 1.165) is 19.3 Å². The van der Waals surface area contributed by atoms with E-state index in [1.807, 2.05) is 0 Å². The van der Waals surface area contributed by atoms with Gasteiger partial charge in [0.1, 0.15) is 0 Å². The van der Waals surface area contributed by atoms with Gasteiger partial charge in [-0.2, -0.15) is 0 Å². The second-order valence-electron chi connectivity index (χ2n) is 7.30. The van der Waals surface area contributed by atoms with Crippen LogP contribution < -0.4 is 5.32 Å². The number of hydrogen-bond donors (Lipinski definition) is 2. The third-order valence-electron chi connectivity index (χ3n) is 4.80. The van der Waals surface area contributed by atoms with E-state index in [0.29, 0.717) is 6.42 Å². The summed E-state index contributed by atoms with van der Waals surface area (Å²) >= 11 is 0. The molecule has 0 rings (SSSR count). The SMILES string of the molecule is CCCCCCCCCCCCCCCC(O)C(NC(C)=O)C(=O)OC. The number of carbonyl (C=O) groups excluding carboxylic acids is 2. The molecule has 0 saturated carbocycles. The van der Waals surface area contributed by atoms with Gasteiger partial charge in [-0.1, -0.05) is 90.4 Å². The molecule has 0 aromatic rings. The summed E-state index contributed by atoms with van der Waals surface area (Å²) in [6.45, 7) is 3.58. The maximum Gasteiger partial charge on any atom is 0.331 e. The topological polar surface area (TPSA) is 75.6 Å². The van der Waals surface area contributed by atoms with Crippen molar-refractivity contribution in [3.05, 3.63) is 0 Å². The molecule has 5 heteroatoms. The summed E-state index contributed by atoms with van der Waals surface area (Å²) in [7, 11) is 1.26. The third-order valence-corrected chi connectivity index (χ3v) is 4.80. The quantitative estimate of drug-likeness (QED) is 0.291. The monoisotopic (exact) mass is 371 g/mol. The molecular weight excluding hydrogens is 330 g/mol. The summed E-state index contributed by atoms with van der Waals surface area (Å²) in [4.78, 5) is 22.8. The Morgan fingerprint density at radius 1 is 0.846 bits per heavy atom. The van der Waals surface area contributed by atoms with Crippen LogP contribution in [-0.2, 0) is 14.3 Å². The number of amides is 1. The van der Waals surface area contributed by atoms with Crippen LogP contribution in [0.4, 0.5) is 0 Å². The van der Waals surface area contributed by atoms with Crippen molar-refractivity contribution in [2.24, 2.45) is 0 Å². The van der Waals surface area contributed by atoms with Crippen LogP contribution in [-0.4, -0.2) is 36.2 Å². The molecule has 0 aliphatic carbocycles. The number of aliphatic hydroxyl groups excluding tert-OH is 1. The Balaban J connectivity index is 3.58. The van der Waals surface area contributed by atoms with E-state index < -0.39 is 18.1 Å². The summed E-state index contributed by atoms with van der Waals surface area (Å²) in [6.07, 6.45) is 16.1. The van der Waals surface area contributed by atoms with E-state index in [9.17, 15) is 14.7 Å². The predicted molar refractivity (Wildman–Crippen MR) is 106 cm³/mol. The Kier molecular flexibility index (Phi) is 16.6. The van der Waals surface area contributed by atoms with E-state index in [-0.39, 0.29) is 5.91 Å². The van der Waals surface area contributed by atoms with Crippen LogP contribution in [0.15, 0.2) is 0 Å². The average Bonchev–Trinajstić information content (AvgIpc) is 2.62. The minimum absolute atomic E-state index is 0.343. The van der Waals surface area contributed by atoms with E-state index >= 15 is 0 Å². The first-order chi connectivity index (χ1) is 12.5. The maximum absolute atomic E-state index is 11.6. The van der Waals surface area contributed by atoms with Crippen LogP contribution >= 0.6 is 0 Å². The van der Waals surface area contributed by atoms with Crippen LogP contribution in [0.1, 0.15) is 104 Å². The Morgan fingerprint density at radius 3 is 1.65 bits per heavy atom. The van der Waals surface area contributed by atoms with Gasteiger partial charge in [0.2, 0.25) is 5.91 Å². The van der Waals surface area contributed by atoms with Gasteiger partial charge in [0, 0.05) is 6.92 Å². The number of methoxy groups -OCH3 is 1. The molecule has 26 heavy (non-hydrogen) atoms. The molecule has 0 saturated heterocycles. The second kappa shape index (κ2) is 17.3. The van der Waals surface area contributed by atoms with Crippen LogP contribution in [0.25, 0.3) is 0 Å². The Hall–Kier alpha value is -1.10. The number of carbonyl (C=O) groups is 2. The van der Waals surface area contributed by atoms with Crippen molar-refractivity contribution in [3.63, 3.8) is 0 Å². The number of nitrogens with one attached hydrogen (secondary N) is 1. The molecule has 0 aliphatic heterocycles. The molecule has 0 heterocycles. The third kappa shape index (κ3) is 14.1. The smallest absolute Gasteiger partial charge is 0.331 e. The van der Waals surface area contributed by atoms with Crippen LogP contribution in [0.5, 0.6) is 0 Å². The summed E-state index contributed by atoms with van der Waals surface area (Å²) in [5, 5.41) is 12.6. The van der Waals surface area contributed by atoms with Crippen LogP contribution in [0, 0.1) is 0 Å². The molecule has 154 valence electrons. The molecule has 0 aromatic heterocycles. The number of esters is 1. The van der Waals surface area contributed by atoms with Crippen molar-refractivity contribution in [1.29, 1.82) is 0 Å². The Bertz CT molecular complexity index is 360. The number of aliphatic hydroxyl groups is 1. The molecule has 2 atom stereocenters. The van der Waals surface area contributed by atoms with Crippen molar-refractivity contribution < 1.29 is 19.4 Å². The minimum atomic E-state index is -0.963. The van der Waals surface area contributed by atoms with Gasteiger partial charge >= 0.3 is 5.97 Å². The highest BCUT2D eigenvalue weighted by atomic mass is 16.5. The molecule has 1 amide bonds. The lowest BCUT2D eigenvalue weighted by molar-refractivity contribution is -0.148. The van der Waals surface area contributed by atoms with Gasteiger partial charge in [-0.25, -0.2) is 4.79 Å². The number of unbranched alkanes of at least 4 members (excludes halogenated alkanes) is 12. The minimum Gasteiger partial charge on any atom is -0.467 e. The number of ether oxygens (including phenoxy) is 1. The van der Waals surface area contributed by atoms with Gasteiger partial charge in [0.15, 0.2) is 6.04 Å². The van der Waals surface area contributed by atoms with Crippen molar-refractivity contribution in [1.82, 2.24) is 5.32 Å². The predicted octanol–water partition coefficient (Wildman–Crippen LogP) is 4.51. The Labute approximate surface area is 160 Å². The molecule has 0 radical (unpaired) electrons. The fourth-order valence-electron chi connectivity index (χ4n) is 3.20. The summed E-state index contributed by atoms with van der Waals surface area (Å²) in [5.41, 5.74) is 0. The zero-order valence-electron chi connectivity index (χ0n) is 17.2. The van der Waals surface area contributed by atoms with E-state index in [2.05, 4.69) is 17.0 Å². The molecule has 2 unspecified atom stereocenters. The van der Waals surface area contributed by atoms with Crippen molar-refractivity contribution in [2.75, 3.05) is 7.11 Å². The van der Waals surface area contributed by atoms with Gasteiger partial charge in [0.05, 0.1) is 13.2 Å². The molecule has 0 fully saturated rings. The fourth-order valence-corrected chi connectivity index (χ4v) is 3.20. The summed E-state index contributed by atoms with van der Waals surface area (Å²) < 4.78 is 4.64. The van der Waals surface area contributed by atoms with Crippen molar-refractivity contribution in [3.8, 4) is 0 Å². The molecule has 0 bridgehead atoms. The van der Waals surface area contributed by atoms with E-state index in [1.165, 1.54) is 78.2 Å². The second-order valence-corrected chi connectivity index (χ2v) is 7.30. The summed E-state index contributed by atoms with van der Waals surface area (Å²) in [6, 6.07) is -0.963. The zero-order chi connectivity index (χ0) is 19.6. The molecule has 0 aliphatic rings. The molecule has 5 nitrogen and oxygen atoms in total. The highest BCUT2D eigenvalue weighted by Gasteiger charge is 2.27. The molecule has 2 N–H and O–H groups in total. The number of hydrogen-bond acceptors (Lipinski definition) is 4. The van der Waals surface area contributed by atoms with E-state index in [4.69, 9.17) is 0 Å². The molecule has 0 aromatic carbocycles. The maximum atomic E-state index is 11.6. The summed E-state index contributed by atoms with van der Waals surface area (Å²) in [5.74, 6) is -0.938. The first-order valence-corrected chi connectivity index (χ1v) is 10.6. The van der Waals surface area contributed by atoms with Gasteiger partial charge in [0.25, 0.3) is 0 Å². The molecule has 0 spiro atoms. The zero-order valence-corrected chi connectivity index (χ0v) is 17.2. The lowest BCUT2D eigenvalue weighted by atomic mass is 10.0. The van der Waals surface area contributed by atoms with Crippen molar-refractivity contribution >= 4 is 11.9 Å². The first-order valence-electron chi connectivity index (χ1n) is 10.6. The molecular formula is C21H41NO4. The largest absolute Gasteiger partial charge is 0.467 e. The highest BCUT2D eigenvalue weighted by molar-refractivity contribution is 5.83. The van der Waals surface area contributed by atoms with E-state index in [1.54, 1.807) is 0 Å². The fraction of sp³-hybridized carbons (Fsp3) is 0.905. The van der Waals surface area contributed by atoms with Crippen LogP contribution in [0.2, 0.25) is 0 Å². The average molecular weight is 372 g/mol. The van der Waals surface area contributed by atoms with Crippen molar-refractivity contribution in [2.45, 2.75) is 116 Å². The van der Waals surface area contributed by atoms with Gasteiger partial charge in [-0.3, -0.25) is 4.79 Å². The van der Waals surface area contributed by atoms with Crippen LogP contribution in [0.3, 0.4) is 0 Å².